The maximum Gasteiger partial charge on any atom is 0.335 e. The molecule has 0 bridgehead atoms. The summed E-state index contributed by atoms with van der Waals surface area (Å²) in [5.74, 6) is -0.995. The van der Waals surface area contributed by atoms with Gasteiger partial charge >= 0.3 is 12.0 Å². The fourth-order valence-corrected chi connectivity index (χ4v) is 2.39. The number of hydrogen-bond acceptors (Lipinski definition) is 4. The van der Waals surface area contributed by atoms with Crippen LogP contribution in [-0.4, -0.2) is 54.7 Å². The number of carboxylic acid groups (broad SMARTS) is 1. The van der Waals surface area contributed by atoms with Crippen LogP contribution in [0.5, 0.6) is 0 Å². The second kappa shape index (κ2) is 6.34. The Morgan fingerprint density at radius 2 is 2.29 bits per heavy atom. The van der Waals surface area contributed by atoms with Gasteiger partial charge in [0.05, 0.1) is 16.9 Å². The van der Waals surface area contributed by atoms with E-state index in [-0.39, 0.29) is 11.6 Å². The van der Waals surface area contributed by atoms with Gasteiger partial charge in [0.15, 0.2) is 0 Å². The van der Waals surface area contributed by atoms with E-state index in [1.54, 1.807) is 17.0 Å². The maximum atomic E-state index is 11.5. The Balaban J connectivity index is 2.06. The molecule has 0 aliphatic carbocycles. The first-order valence-corrected chi connectivity index (χ1v) is 6.93. The monoisotopic (exact) mass is 292 g/mol. The summed E-state index contributed by atoms with van der Waals surface area (Å²) in [7, 11) is 0. The Kier molecular flexibility index (Phi) is 4.52. The summed E-state index contributed by atoms with van der Waals surface area (Å²) in [5.41, 5.74) is 7.35. The first-order chi connectivity index (χ1) is 10.0. The molecule has 1 aromatic rings. The van der Waals surface area contributed by atoms with E-state index >= 15 is 0 Å². The zero-order valence-corrected chi connectivity index (χ0v) is 12.0. The molecule has 0 saturated carbocycles. The predicted molar refractivity (Wildman–Crippen MR) is 80.7 cm³/mol. The lowest BCUT2D eigenvalue weighted by molar-refractivity contribution is 0.0697. The van der Waals surface area contributed by atoms with Crippen LogP contribution in [0.1, 0.15) is 17.3 Å². The number of rotatable bonds is 6. The molecule has 1 fully saturated rings. The van der Waals surface area contributed by atoms with Gasteiger partial charge in [0.1, 0.15) is 0 Å². The molecule has 0 aromatic heterocycles. The van der Waals surface area contributed by atoms with E-state index in [0.717, 1.165) is 12.2 Å². The summed E-state index contributed by atoms with van der Waals surface area (Å²) in [6.45, 7) is 5.38. The number of anilines is 2. The lowest BCUT2D eigenvalue weighted by Gasteiger charge is -2.27. The van der Waals surface area contributed by atoms with E-state index in [9.17, 15) is 9.59 Å². The molecule has 7 nitrogen and oxygen atoms in total. The van der Waals surface area contributed by atoms with Gasteiger partial charge in [0, 0.05) is 32.7 Å². The molecule has 1 saturated heterocycles. The smallest absolute Gasteiger partial charge is 0.335 e. The van der Waals surface area contributed by atoms with Gasteiger partial charge in [-0.1, -0.05) is 0 Å². The van der Waals surface area contributed by atoms with Crippen molar-refractivity contribution in [1.82, 2.24) is 10.2 Å². The number of amides is 2. The van der Waals surface area contributed by atoms with E-state index in [1.165, 1.54) is 6.07 Å². The molecule has 0 spiro atoms. The zero-order chi connectivity index (χ0) is 15.4. The number of nitrogen functional groups attached to an aromatic ring is 1. The van der Waals surface area contributed by atoms with Crippen LogP contribution in [-0.2, 0) is 0 Å². The van der Waals surface area contributed by atoms with Crippen molar-refractivity contribution in [2.24, 2.45) is 0 Å². The van der Waals surface area contributed by atoms with Crippen LogP contribution in [0.2, 0.25) is 0 Å². The zero-order valence-electron chi connectivity index (χ0n) is 12.0. The van der Waals surface area contributed by atoms with Crippen molar-refractivity contribution in [2.45, 2.75) is 6.92 Å². The van der Waals surface area contributed by atoms with Gasteiger partial charge in [-0.05, 0) is 25.1 Å². The summed E-state index contributed by atoms with van der Waals surface area (Å²) < 4.78 is 0. The summed E-state index contributed by atoms with van der Waals surface area (Å²) in [6, 6.07) is 4.68. The van der Waals surface area contributed by atoms with Gasteiger partial charge < -0.3 is 26.0 Å². The number of nitrogens with one attached hydrogen (secondary N) is 1. The molecular weight excluding hydrogens is 272 g/mol. The van der Waals surface area contributed by atoms with Gasteiger partial charge in [0.2, 0.25) is 0 Å². The fourth-order valence-electron chi connectivity index (χ4n) is 2.39. The normalized spacial score (nSPS) is 14.1. The number of aromatic carboxylic acids is 1. The van der Waals surface area contributed by atoms with Gasteiger partial charge in [-0.3, -0.25) is 0 Å². The van der Waals surface area contributed by atoms with E-state index in [4.69, 9.17) is 10.8 Å². The minimum absolute atomic E-state index is 0.0414. The quantitative estimate of drug-likeness (QED) is 0.674. The Hall–Kier alpha value is -2.44. The molecule has 1 aliphatic heterocycles. The SMILES string of the molecule is CCN(CCN1CCNC1=O)c1ccc(C(=O)O)cc1N. The number of likely N-dealkylation sites (N-methyl/N-ethyl adjacent to an activating group) is 1. The molecule has 2 amide bonds. The lowest BCUT2D eigenvalue weighted by Crippen LogP contribution is -2.37. The Bertz CT molecular complexity index is 547. The van der Waals surface area contributed by atoms with Crippen LogP contribution in [0, 0.1) is 0 Å². The molecule has 0 radical (unpaired) electrons. The molecule has 21 heavy (non-hydrogen) atoms. The first-order valence-electron chi connectivity index (χ1n) is 6.93. The number of benzene rings is 1. The van der Waals surface area contributed by atoms with Crippen LogP contribution >= 0.6 is 0 Å². The molecule has 0 atom stereocenters. The molecule has 114 valence electrons. The highest BCUT2D eigenvalue weighted by Crippen LogP contribution is 2.24. The Labute approximate surface area is 123 Å². The molecule has 1 aliphatic rings. The van der Waals surface area contributed by atoms with Gasteiger partial charge in [-0.25, -0.2) is 9.59 Å². The van der Waals surface area contributed by atoms with Crippen molar-refractivity contribution in [3.8, 4) is 0 Å². The van der Waals surface area contributed by atoms with Crippen molar-refractivity contribution < 1.29 is 14.7 Å². The minimum atomic E-state index is -0.995. The number of nitrogens with two attached hydrogens (primary N) is 1. The average molecular weight is 292 g/mol. The topological polar surface area (TPSA) is 98.9 Å². The molecule has 2 rings (SSSR count). The lowest BCUT2D eigenvalue weighted by atomic mass is 10.1. The number of nitrogens with zero attached hydrogens (tertiary/aromatic N) is 2. The molecule has 4 N–H and O–H groups in total. The Morgan fingerprint density at radius 1 is 1.52 bits per heavy atom. The van der Waals surface area contributed by atoms with Crippen LogP contribution in [0.25, 0.3) is 0 Å². The second-order valence-electron chi connectivity index (χ2n) is 4.88. The van der Waals surface area contributed by atoms with Crippen molar-refractivity contribution in [3.05, 3.63) is 23.8 Å². The number of carbonyl (C=O) groups excluding carboxylic acids is 1. The first kappa shape index (κ1) is 15.0. The highest BCUT2D eigenvalue weighted by molar-refractivity contribution is 5.90. The third-order valence-corrected chi connectivity index (χ3v) is 3.58. The van der Waals surface area contributed by atoms with Crippen molar-refractivity contribution in [2.75, 3.05) is 43.4 Å². The van der Waals surface area contributed by atoms with Crippen LogP contribution in [0.4, 0.5) is 16.2 Å². The molecule has 1 aromatic carbocycles. The molecule has 1 heterocycles. The van der Waals surface area contributed by atoms with Gasteiger partial charge in [0.25, 0.3) is 0 Å². The maximum absolute atomic E-state index is 11.5. The molecular formula is C14H20N4O3. The largest absolute Gasteiger partial charge is 0.478 e. The Morgan fingerprint density at radius 3 is 2.81 bits per heavy atom. The van der Waals surface area contributed by atoms with Crippen molar-refractivity contribution in [1.29, 1.82) is 0 Å². The standard InChI is InChI=1S/C14H20N4O3/c1-2-17(7-8-18-6-5-16-14(18)21)12-4-3-10(13(19)20)9-11(12)15/h3-4,9H,2,5-8,15H2,1H3,(H,16,21)(H,19,20). The highest BCUT2D eigenvalue weighted by atomic mass is 16.4. The molecule has 0 unspecified atom stereocenters. The van der Waals surface area contributed by atoms with Crippen LogP contribution < -0.4 is 16.0 Å². The summed E-state index contributed by atoms with van der Waals surface area (Å²) in [4.78, 5) is 26.2. The number of carbonyl (C=O) groups is 2. The summed E-state index contributed by atoms with van der Waals surface area (Å²) in [6.07, 6.45) is 0. The van der Waals surface area contributed by atoms with E-state index in [2.05, 4.69) is 5.32 Å². The minimum Gasteiger partial charge on any atom is -0.478 e. The predicted octanol–water partition coefficient (Wildman–Crippen LogP) is 0.818. The summed E-state index contributed by atoms with van der Waals surface area (Å²) in [5, 5.41) is 11.7. The number of carboxylic acids is 1. The van der Waals surface area contributed by atoms with Crippen molar-refractivity contribution in [3.63, 3.8) is 0 Å². The van der Waals surface area contributed by atoms with Gasteiger partial charge in [-0.2, -0.15) is 0 Å². The summed E-state index contributed by atoms with van der Waals surface area (Å²) >= 11 is 0. The van der Waals surface area contributed by atoms with Crippen LogP contribution in [0.3, 0.4) is 0 Å². The van der Waals surface area contributed by atoms with E-state index in [0.29, 0.717) is 31.9 Å². The fraction of sp³-hybridized carbons (Fsp3) is 0.429. The third kappa shape index (κ3) is 3.36. The highest BCUT2D eigenvalue weighted by Gasteiger charge is 2.20. The average Bonchev–Trinajstić information content (AvgIpc) is 2.86. The number of urea groups is 1. The second-order valence-corrected chi connectivity index (χ2v) is 4.88. The van der Waals surface area contributed by atoms with Crippen LogP contribution in [0.15, 0.2) is 18.2 Å². The van der Waals surface area contributed by atoms with E-state index < -0.39 is 5.97 Å². The van der Waals surface area contributed by atoms with Gasteiger partial charge in [-0.15, -0.1) is 0 Å². The number of hydrogen-bond donors (Lipinski definition) is 3. The van der Waals surface area contributed by atoms with E-state index in [1.807, 2.05) is 11.8 Å². The van der Waals surface area contributed by atoms with Crippen molar-refractivity contribution >= 4 is 23.4 Å². The third-order valence-electron chi connectivity index (χ3n) is 3.58. The molecule has 7 heteroatoms.